The zero-order chi connectivity index (χ0) is 15.5. The van der Waals surface area contributed by atoms with Crippen LogP contribution in [0, 0.1) is 5.41 Å². The van der Waals surface area contributed by atoms with Crippen LogP contribution in [0.25, 0.3) is 0 Å². The first kappa shape index (κ1) is 15.6. The van der Waals surface area contributed by atoms with Crippen molar-refractivity contribution in [3.05, 3.63) is 0 Å². The van der Waals surface area contributed by atoms with Crippen LogP contribution in [0.4, 0.5) is 4.79 Å². The minimum Gasteiger partial charge on any atom is -0.481 e. The predicted molar refractivity (Wildman–Crippen MR) is 73.9 cm³/mol. The molecule has 118 valence electrons. The Morgan fingerprint density at radius 2 is 1.62 bits per heavy atom. The second-order valence-electron chi connectivity index (χ2n) is 6.13. The van der Waals surface area contributed by atoms with Crippen molar-refractivity contribution in [2.45, 2.75) is 51.0 Å². The summed E-state index contributed by atoms with van der Waals surface area (Å²) in [5.74, 6) is -2.57. The predicted octanol–water partition coefficient (Wildman–Crippen LogP) is 1.28. The average molecular weight is 298 g/mol. The molecule has 0 aromatic carbocycles. The number of carboxylic acids is 2. The molecule has 1 aliphatic carbocycles. The molecule has 2 amide bonds. The maximum Gasteiger partial charge on any atom is 0.326 e. The third-order valence-corrected chi connectivity index (χ3v) is 4.75. The first-order valence-corrected chi connectivity index (χ1v) is 7.42. The zero-order valence-electron chi connectivity index (χ0n) is 12.0. The van der Waals surface area contributed by atoms with Crippen LogP contribution in [0.2, 0.25) is 0 Å². The lowest BCUT2D eigenvalue weighted by Crippen LogP contribution is -2.51. The number of nitrogens with zero attached hydrogens (tertiary/aromatic N) is 1. The molecule has 1 saturated carbocycles. The summed E-state index contributed by atoms with van der Waals surface area (Å²) in [4.78, 5) is 35.2. The van der Waals surface area contributed by atoms with Crippen molar-refractivity contribution < 1.29 is 24.6 Å². The Labute approximate surface area is 123 Å². The van der Waals surface area contributed by atoms with Gasteiger partial charge in [0.2, 0.25) is 0 Å². The summed E-state index contributed by atoms with van der Waals surface area (Å²) in [5.41, 5.74) is 0.379. The third kappa shape index (κ3) is 3.86. The maximum absolute atomic E-state index is 12.1. The molecular formula is C14H22N2O5. The maximum atomic E-state index is 12.1. The van der Waals surface area contributed by atoms with E-state index in [1.807, 2.05) is 0 Å². The summed E-state index contributed by atoms with van der Waals surface area (Å²) in [7, 11) is 0. The highest BCUT2D eigenvalue weighted by Gasteiger charge is 2.38. The molecule has 21 heavy (non-hydrogen) atoms. The van der Waals surface area contributed by atoms with E-state index in [1.54, 1.807) is 4.90 Å². The monoisotopic (exact) mass is 298 g/mol. The highest BCUT2D eigenvalue weighted by atomic mass is 16.4. The number of aliphatic carboxylic acids is 2. The fourth-order valence-corrected chi connectivity index (χ4v) is 3.42. The minimum absolute atomic E-state index is 0.379. The van der Waals surface area contributed by atoms with Crippen molar-refractivity contribution in [1.82, 2.24) is 10.2 Å². The van der Waals surface area contributed by atoms with Gasteiger partial charge >= 0.3 is 18.0 Å². The Morgan fingerprint density at radius 1 is 1.05 bits per heavy atom. The number of nitrogens with one attached hydrogen (secondary N) is 1. The molecule has 7 nitrogen and oxygen atoms in total. The number of amides is 2. The molecule has 2 aliphatic rings. The summed E-state index contributed by atoms with van der Waals surface area (Å²) >= 11 is 0. The van der Waals surface area contributed by atoms with Crippen LogP contribution in [0.5, 0.6) is 0 Å². The van der Waals surface area contributed by atoms with Gasteiger partial charge in [-0.05, 0) is 31.1 Å². The molecule has 0 aromatic rings. The Bertz CT molecular complexity index is 421. The quantitative estimate of drug-likeness (QED) is 0.724. The number of likely N-dealkylation sites (tertiary alicyclic amines) is 1. The zero-order valence-corrected chi connectivity index (χ0v) is 12.0. The third-order valence-electron chi connectivity index (χ3n) is 4.75. The van der Waals surface area contributed by atoms with Crippen molar-refractivity contribution in [3.63, 3.8) is 0 Å². The van der Waals surface area contributed by atoms with Gasteiger partial charge in [-0.3, -0.25) is 4.79 Å². The molecule has 0 bridgehead atoms. The molecule has 1 saturated heterocycles. The summed E-state index contributed by atoms with van der Waals surface area (Å²) in [6.45, 7) is 1.23. The number of carbonyl (C=O) groups is 3. The molecule has 1 atom stereocenters. The van der Waals surface area contributed by atoms with Crippen molar-refractivity contribution in [1.29, 1.82) is 0 Å². The van der Waals surface area contributed by atoms with E-state index in [0.717, 1.165) is 12.8 Å². The second kappa shape index (κ2) is 6.32. The number of piperidine rings is 1. The van der Waals surface area contributed by atoms with E-state index in [4.69, 9.17) is 10.2 Å². The largest absolute Gasteiger partial charge is 0.481 e. The first-order chi connectivity index (χ1) is 9.92. The normalized spacial score (nSPS) is 22.0. The van der Waals surface area contributed by atoms with Gasteiger partial charge in [-0.25, -0.2) is 9.59 Å². The van der Waals surface area contributed by atoms with E-state index in [9.17, 15) is 14.4 Å². The standard InChI is InChI=1S/C14H22N2O5/c17-11(18)9-10(12(19)20)15-13(21)16-7-5-14(6-8-16)3-1-2-4-14/h10H,1-9H2,(H,15,21)(H,17,18)(H,19,20). The number of hydrogen-bond donors (Lipinski definition) is 3. The Hall–Kier alpha value is -1.79. The lowest BCUT2D eigenvalue weighted by Gasteiger charge is -2.39. The Balaban J connectivity index is 1.86. The van der Waals surface area contributed by atoms with Crippen LogP contribution in [-0.2, 0) is 9.59 Å². The molecule has 7 heteroatoms. The molecule has 1 heterocycles. The topological polar surface area (TPSA) is 107 Å². The van der Waals surface area contributed by atoms with Gasteiger partial charge < -0.3 is 20.4 Å². The summed E-state index contributed by atoms with van der Waals surface area (Å²) < 4.78 is 0. The van der Waals surface area contributed by atoms with E-state index in [2.05, 4.69) is 5.32 Å². The molecule has 1 unspecified atom stereocenters. The lowest BCUT2D eigenvalue weighted by atomic mass is 9.77. The van der Waals surface area contributed by atoms with Gasteiger partial charge in [-0.15, -0.1) is 0 Å². The minimum atomic E-state index is -1.38. The Morgan fingerprint density at radius 3 is 2.10 bits per heavy atom. The number of urea groups is 1. The van der Waals surface area contributed by atoms with Gasteiger partial charge in [-0.2, -0.15) is 0 Å². The van der Waals surface area contributed by atoms with Gasteiger partial charge in [0.1, 0.15) is 6.04 Å². The SMILES string of the molecule is O=C(O)CC(NC(=O)N1CCC2(CCCC2)CC1)C(=O)O. The molecule has 0 aromatic heterocycles. The van der Waals surface area contributed by atoms with Crippen LogP contribution in [0.1, 0.15) is 44.9 Å². The smallest absolute Gasteiger partial charge is 0.326 e. The summed E-state index contributed by atoms with van der Waals surface area (Å²) in [5, 5.41) is 19.9. The van der Waals surface area contributed by atoms with Crippen LogP contribution >= 0.6 is 0 Å². The lowest BCUT2D eigenvalue weighted by molar-refractivity contribution is -0.145. The Kier molecular flexibility index (Phi) is 4.69. The van der Waals surface area contributed by atoms with E-state index in [-0.39, 0.29) is 0 Å². The van der Waals surface area contributed by atoms with Gasteiger partial charge in [-0.1, -0.05) is 12.8 Å². The van der Waals surface area contributed by atoms with E-state index >= 15 is 0 Å². The molecule has 1 spiro atoms. The fourth-order valence-electron chi connectivity index (χ4n) is 3.42. The number of hydrogen-bond acceptors (Lipinski definition) is 3. The van der Waals surface area contributed by atoms with Crippen LogP contribution < -0.4 is 5.32 Å². The number of carboxylic acid groups (broad SMARTS) is 2. The average Bonchev–Trinajstić information content (AvgIpc) is 2.86. The molecule has 2 fully saturated rings. The van der Waals surface area contributed by atoms with Gasteiger partial charge in [0.05, 0.1) is 6.42 Å². The molecule has 1 aliphatic heterocycles. The van der Waals surface area contributed by atoms with Crippen LogP contribution in [-0.4, -0.2) is 52.2 Å². The van der Waals surface area contributed by atoms with E-state index < -0.39 is 30.4 Å². The first-order valence-electron chi connectivity index (χ1n) is 7.42. The summed E-state index contributed by atoms with van der Waals surface area (Å²) in [6, 6.07) is -1.85. The van der Waals surface area contributed by atoms with Crippen molar-refractivity contribution in [2.75, 3.05) is 13.1 Å². The van der Waals surface area contributed by atoms with Gasteiger partial charge in [0, 0.05) is 13.1 Å². The summed E-state index contributed by atoms with van der Waals surface area (Å²) in [6.07, 6.45) is 6.25. The van der Waals surface area contributed by atoms with Gasteiger partial charge in [0.15, 0.2) is 0 Å². The fraction of sp³-hybridized carbons (Fsp3) is 0.786. The van der Waals surface area contributed by atoms with E-state index in [0.29, 0.717) is 18.5 Å². The van der Waals surface area contributed by atoms with Crippen LogP contribution in [0.3, 0.4) is 0 Å². The van der Waals surface area contributed by atoms with Crippen molar-refractivity contribution in [2.24, 2.45) is 5.41 Å². The van der Waals surface area contributed by atoms with Crippen molar-refractivity contribution in [3.8, 4) is 0 Å². The molecule has 2 rings (SSSR count). The molecule has 3 N–H and O–H groups in total. The van der Waals surface area contributed by atoms with Gasteiger partial charge in [0.25, 0.3) is 0 Å². The number of carbonyl (C=O) groups excluding carboxylic acids is 1. The van der Waals surface area contributed by atoms with Crippen molar-refractivity contribution >= 4 is 18.0 Å². The second-order valence-corrected chi connectivity index (χ2v) is 6.13. The molecular weight excluding hydrogens is 276 g/mol. The van der Waals surface area contributed by atoms with E-state index in [1.165, 1.54) is 25.7 Å². The van der Waals surface area contributed by atoms with Crippen LogP contribution in [0.15, 0.2) is 0 Å². The molecule has 0 radical (unpaired) electrons. The number of rotatable bonds is 4. The highest BCUT2D eigenvalue weighted by molar-refractivity contribution is 5.86. The highest BCUT2D eigenvalue weighted by Crippen LogP contribution is 2.46.